The summed E-state index contributed by atoms with van der Waals surface area (Å²) in [6.45, 7) is 14.4. The van der Waals surface area contributed by atoms with E-state index in [4.69, 9.17) is 14.7 Å². The van der Waals surface area contributed by atoms with Crippen LogP contribution < -0.4 is 4.90 Å². The highest BCUT2D eigenvalue weighted by Crippen LogP contribution is 2.34. The number of thiophene rings is 1. The number of carbonyl (C=O) groups is 1. The molecule has 0 radical (unpaired) electrons. The molecule has 0 bridgehead atoms. The van der Waals surface area contributed by atoms with Crippen molar-refractivity contribution in [3.05, 3.63) is 47.3 Å². The molecule has 2 aromatic rings. The van der Waals surface area contributed by atoms with E-state index in [2.05, 4.69) is 23.8 Å². The SMILES string of the molecule is C=C/C=C(O)\C(=C/C)c1nc(N2CCN(C(=O)OCC(C)C)CC2)c2c(C)csc2n1. The molecule has 3 heterocycles. The van der Waals surface area contributed by atoms with Crippen LogP contribution in [0.2, 0.25) is 0 Å². The van der Waals surface area contributed by atoms with Crippen LogP contribution in [0.5, 0.6) is 0 Å². The molecule has 0 atom stereocenters. The molecule has 3 rings (SSSR count). The van der Waals surface area contributed by atoms with Gasteiger partial charge in [0, 0.05) is 26.2 Å². The summed E-state index contributed by atoms with van der Waals surface area (Å²) in [4.78, 5) is 26.7. The number of aliphatic hydroxyl groups excluding tert-OH is 1. The van der Waals surface area contributed by atoms with E-state index in [1.54, 1.807) is 22.3 Å². The lowest BCUT2D eigenvalue weighted by Crippen LogP contribution is -2.49. The van der Waals surface area contributed by atoms with Gasteiger partial charge in [-0.05, 0) is 36.8 Å². The van der Waals surface area contributed by atoms with Crippen LogP contribution in [0.15, 0.2) is 35.9 Å². The van der Waals surface area contributed by atoms with Gasteiger partial charge < -0.3 is 19.6 Å². The van der Waals surface area contributed by atoms with Gasteiger partial charge in [-0.3, -0.25) is 0 Å². The van der Waals surface area contributed by atoms with Gasteiger partial charge in [-0.2, -0.15) is 0 Å². The minimum Gasteiger partial charge on any atom is -0.507 e. The van der Waals surface area contributed by atoms with Gasteiger partial charge in [0.1, 0.15) is 16.4 Å². The van der Waals surface area contributed by atoms with E-state index in [0.29, 0.717) is 50.1 Å². The topological polar surface area (TPSA) is 78.8 Å². The minimum atomic E-state index is -0.260. The van der Waals surface area contributed by atoms with Gasteiger partial charge in [-0.25, -0.2) is 14.8 Å². The van der Waals surface area contributed by atoms with Crippen LogP contribution in [0, 0.1) is 12.8 Å². The monoisotopic (exact) mass is 442 g/mol. The standard InChI is InChI=1S/C23H30N4O3S/c1-6-8-18(28)17(7-2)20-24-21(19-16(5)14-31-22(19)25-20)26-9-11-27(12-10-26)23(29)30-13-15(3)4/h6-8,14-15,28H,1,9-13H2,2-5H3/b17-7+,18-8+. The van der Waals surface area contributed by atoms with Crippen LogP contribution in [0.1, 0.15) is 32.2 Å². The summed E-state index contributed by atoms with van der Waals surface area (Å²) in [6, 6.07) is 0. The Bertz CT molecular complexity index is 1020. The number of hydrogen-bond acceptors (Lipinski definition) is 7. The van der Waals surface area contributed by atoms with Gasteiger partial charge in [0.2, 0.25) is 0 Å². The van der Waals surface area contributed by atoms with E-state index in [1.165, 1.54) is 12.2 Å². The number of hydrogen-bond donors (Lipinski definition) is 1. The molecule has 1 saturated heterocycles. The molecule has 8 heteroatoms. The van der Waals surface area contributed by atoms with Crippen LogP contribution in [-0.2, 0) is 4.74 Å². The summed E-state index contributed by atoms with van der Waals surface area (Å²) in [5.74, 6) is 1.70. The molecule has 0 aromatic carbocycles. The Hall–Kier alpha value is -2.87. The van der Waals surface area contributed by atoms with Crippen LogP contribution in [0.4, 0.5) is 10.6 Å². The summed E-state index contributed by atoms with van der Waals surface area (Å²) in [6.07, 6.45) is 4.60. The molecule has 1 aliphatic heterocycles. The molecule has 2 aromatic heterocycles. The first-order valence-electron chi connectivity index (χ1n) is 10.5. The number of piperazine rings is 1. The number of fused-ring (bicyclic) bond motifs is 1. The fourth-order valence-corrected chi connectivity index (χ4v) is 4.35. The lowest BCUT2D eigenvalue weighted by atomic mass is 10.1. The van der Waals surface area contributed by atoms with Crippen LogP contribution in [0.25, 0.3) is 15.8 Å². The summed E-state index contributed by atoms with van der Waals surface area (Å²) in [5.41, 5.74) is 1.68. The third kappa shape index (κ3) is 5.07. The smallest absolute Gasteiger partial charge is 0.409 e. The van der Waals surface area contributed by atoms with Crippen LogP contribution >= 0.6 is 11.3 Å². The normalized spacial score (nSPS) is 15.6. The van der Waals surface area contributed by atoms with Crippen molar-refractivity contribution >= 4 is 39.0 Å². The molecule has 31 heavy (non-hydrogen) atoms. The van der Waals surface area contributed by atoms with Gasteiger partial charge in [-0.15, -0.1) is 11.3 Å². The van der Waals surface area contributed by atoms with Crippen molar-refractivity contribution in [3.8, 4) is 0 Å². The Morgan fingerprint density at radius 1 is 1.32 bits per heavy atom. The first-order chi connectivity index (χ1) is 14.8. The predicted molar refractivity (Wildman–Crippen MR) is 127 cm³/mol. The fraction of sp³-hybridized carbons (Fsp3) is 0.435. The third-order valence-electron chi connectivity index (χ3n) is 5.06. The molecule has 0 aliphatic carbocycles. The van der Waals surface area contributed by atoms with Gasteiger partial charge in [-0.1, -0.05) is 32.6 Å². The van der Waals surface area contributed by atoms with Crippen LogP contribution in [-0.4, -0.2) is 58.9 Å². The maximum Gasteiger partial charge on any atom is 0.409 e. The number of aryl methyl sites for hydroxylation is 1. The predicted octanol–water partition coefficient (Wildman–Crippen LogP) is 4.95. The zero-order chi connectivity index (χ0) is 22.5. The second-order valence-corrected chi connectivity index (χ2v) is 8.76. The molecule has 1 N–H and O–H groups in total. The molecule has 1 amide bonds. The van der Waals surface area contributed by atoms with E-state index in [-0.39, 0.29) is 11.9 Å². The number of aromatic nitrogens is 2. The highest BCUT2D eigenvalue weighted by molar-refractivity contribution is 7.17. The number of anilines is 1. The number of aliphatic hydroxyl groups is 1. The lowest BCUT2D eigenvalue weighted by molar-refractivity contribution is 0.0901. The number of carbonyl (C=O) groups excluding carboxylic acids is 1. The molecule has 166 valence electrons. The summed E-state index contributed by atoms with van der Waals surface area (Å²) >= 11 is 1.56. The van der Waals surface area contributed by atoms with E-state index >= 15 is 0 Å². The molecule has 7 nitrogen and oxygen atoms in total. The highest BCUT2D eigenvalue weighted by Gasteiger charge is 2.26. The summed E-state index contributed by atoms with van der Waals surface area (Å²) < 4.78 is 5.37. The zero-order valence-electron chi connectivity index (χ0n) is 18.6. The van der Waals surface area contributed by atoms with Gasteiger partial charge in [0.05, 0.1) is 17.6 Å². The quantitative estimate of drug-likeness (QED) is 0.504. The Balaban J connectivity index is 1.88. The van der Waals surface area contributed by atoms with Gasteiger partial charge in [0.25, 0.3) is 0 Å². The van der Waals surface area contributed by atoms with Crippen LogP contribution in [0.3, 0.4) is 0 Å². The number of allylic oxidation sites excluding steroid dienone is 4. The molecular formula is C23H30N4O3S. The third-order valence-corrected chi connectivity index (χ3v) is 6.05. The second-order valence-electron chi connectivity index (χ2n) is 7.90. The van der Waals surface area contributed by atoms with Crippen molar-refractivity contribution in [3.63, 3.8) is 0 Å². The Kier molecular flexibility index (Phi) is 7.33. The van der Waals surface area contributed by atoms with E-state index < -0.39 is 0 Å². The minimum absolute atomic E-state index is 0.0776. The maximum absolute atomic E-state index is 12.3. The first-order valence-corrected chi connectivity index (χ1v) is 11.3. The molecular weight excluding hydrogens is 412 g/mol. The van der Waals surface area contributed by atoms with Gasteiger partial charge >= 0.3 is 6.09 Å². The molecule has 1 fully saturated rings. The van der Waals surface area contributed by atoms with Crippen molar-refractivity contribution < 1.29 is 14.6 Å². The second kappa shape index (κ2) is 9.96. The highest BCUT2D eigenvalue weighted by atomic mass is 32.1. The Labute approximate surface area is 187 Å². The Morgan fingerprint density at radius 3 is 2.65 bits per heavy atom. The van der Waals surface area contributed by atoms with Crippen molar-refractivity contribution in [1.29, 1.82) is 0 Å². The Morgan fingerprint density at radius 2 is 2.03 bits per heavy atom. The maximum atomic E-state index is 12.3. The van der Waals surface area contributed by atoms with Crippen molar-refractivity contribution in [2.24, 2.45) is 5.92 Å². The van der Waals surface area contributed by atoms with Crippen molar-refractivity contribution in [2.75, 3.05) is 37.7 Å². The largest absolute Gasteiger partial charge is 0.507 e. The molecule has 0 unspecified atom stereocenters. The van der Waals surface area contributed by atoms with Crippen molar-refractivity contribution in [2.45, 2.75) is 27.7 Å². The van der Waals surface area contributed by atoms with Crippen molar-refractivity contribution in [1.82, 2.24) is 14.9 Å². The first kappa shape index (κ1) is 22.8. The average Bonchev–Trinajstić information content (AvgIpc) is 3.13. The van der Waals surface area contributed by atoms with E-state index in [0.717, 1.165) is 21.6 Å². The lowest BCUT2D eigenvalue weighted by Gasteiger charge is -2.35. The molecule has 1 aliphatic rings. The van der Waals surface area contributed by atoms with E-state index in [1.807, 2.05) is 20.8 Å². The zero-order valence-corrected chi connectivity index (χ0v) is 19.4. The van der Waals surface area contributed by atoms with Gasteiger partial charge in [0.15, 0.2) is 5.82 Å². The fourth-order valence-electron chi connectivity index (χ4n) is 3.43. The van der Waals surface area contributed by atoms with E-state index in [9.17, 15) is 9.90 Å². The summed E-state index contributed by atoms with van der Waals surface area (Å²) in [5, 5.41) is 13.5. The number of nitrogens with zero attached hydrogens (tertiary/aromatic N) is 4. The molecule has 0 saturated carbocycles. The molecule has 0 spiro atoms. The number of amides is 1. The average molecular weight is 443 g/mol. The number of rotatable bonds is 6. The summed E-state index contributed by atoms with van der Waals surface area (Å²) in [7, 11) is 0. The number of ether oxygens (including phenoxy) is 1.